The van der Waals surface area contributed by atoms with Crippen molar-refractivity contribution in [1.29, 1.82) is 0 Å². The number of carboxylic acid groups (broad SMARTS) is 2. The van der Waals surface area contributed by atoms with Crippen molar-refractivity contribution in [3.05, 3.63) is 35.9 Å². The molecule has 9 N–H and O–H groups in total. The van der Waals surface area contributed by atoms with Crippen molar-refractivity contribution in [2.45, 2.75) is 43.8 Å². The van der Waals surface area contributed by atoms with Crippen molar-refractivity contribution in [3.8, 4) is 0 Å². The lowest BCUT2D eigenvalue weighted by molar-refractivity contribution is -0.139. The van der Waals surface area contributed by atoms with Crippen LogP contribution < -0.4 is 27.4 Å². The predicted molar refractivity (Wildman–Crippen MR) is 113 cm³/mol. The second-order valence-corrected chi connectivity index (χ2v) is 7.13. The van der Waals surface area contributed by atoms with E-state index < -0.39 is 66.7 Å². The van der Waals surface area contributed by atoms with Gasteiger partial charge in [-0.1, -0.05) is 30.3 Å². The molecule has 0 spiro atoms. The molecule has 1 rings (SSSR count). The Labute approximate surface area is 188 Å². The smallest absolute Gasteiger partial charge is 0.322 e. The van der Waals surface area contributed by atoms with E-state index in [1.165, 1.54) is 0 Å². The number of benzene rings is 1. The van der Waals surface area contributed by atoms with Crippen molar-refractivity contribution in [1.82, 2.24) is 16.0 Å². The molecule has 4 amide bonds. The molecule has 3 unspecified atom stereocenters. The van der Waals surface area contributed by atoms with Gasteiger partial charge in [0.1, 0.15) is 18.6 Å². The number of nitrogens with one attached hydrogen (secondary N) is 3. The minimum atomic E-state index is -1.45. The summed E-state index contributed by atoms with van der Waals surface area (Å²) in [7, 11) is 0. The van der Waals surface area contributed by atoms with E-state index >= 15 is 0 Å². The fourth-order valence-electron chi connectivity index (χ4n) is 2.73. The Hall–Kier alpha value is -4.00. The molecule has 1 aromatic rings. The lowest BCUT2D eigenvalue weighted by Gasteiger charge is -2.24. The predicted octanol–water partition coefficient (Wildman–Crippen LogP) is -2.53. The number of nitrogens with two attached hydrogens (primary N) is 2. The van der Waals surface area contributed by atoms with E-state index in [1.54, 1.807) is 30.3 Å². The maximum atomic E-state index is 12.8. The fourth-order valence-corrected chi connectivity index (χ4v) is 2.73. The summed E-state index contributed by atoms with van der Waals surface area (Å²) >= 11 is 0. The van der Waals surface area contributed by atoms with Gasteiger partial charge >= 0.3 is 11.9 Å². The average molecular weight is 465 g/mol. The molecule has 0 saturated heterocycles. The van der Waals surface area contributed by atoms with Crippen LogP contribution in [0.25, 0.3) is 0 Å². The van der Waals surface area contributed by atoms with Gasteiger partial charge in [-0.25, -0.2) is 0 Å². The van der Waals surface area contributed by atoms with E-state index in [1.807, 2.05) is 0 Å². The van der Waals surface area contributed by atoms with Crippen molar-refractivity contribution < 1.29 is 39.0 Å². The maximum absolute atomic E-state index is 12.8. The highest BCUT2D eigenvalue weighted by Gasteiger charge is 2.29. The quantitative estimate of drug-likeness (QED) is 0.153. The van der Waals surface area contributed by atoms with Gasteiger partial charge in [0, 0.05) is 12.8 Å². The molecule has 0 heterocycles. The largest absolute Gasteiger partial charge is 0.481 e. The first-order valence-electron chi connectivity index (χ1n) is 9.89. The topological polar surface area (TPSA) is 231 Å². The molecule has 0 aliphatic rings. The minimum Gasteiger partial charge on any atom is -0.481 e. The summed E-state index contributed by atoms with van der Waals surface area (Å²) in [6.45, 7) is -0.675. The van der Waals surface area contributed by atoms with Gasteiger partial charge < -0.3 is 37.6 Å². The minimum absolute atomic E-state index is 0.00699. The van der Waals surface area contributed by atoms with Gasteiger partial charge in [0.05, 0.1) is 12.5 Å². The van der Waals surface area contributed by atoms with Crippen LogP contribution in [0.5, 0.6) is 0 Å². The fraction of sp³-hybridized carbons (Fsp3) is 0.400. The zero-order chi connectivity index (χ0) is 25.0. The molecule has 0 radical (unpaired) electrons. The summed E-state index contributed by atoms with van der Waals surface area (Å²) in [5.41, 5.74) is 11.3. The Morgan fingerprint density at radius 3 is 2.00 bits per heavy atom. The zero-order valence-corrected chi connectivity index (χ0v) is 17.7. The SMILES string of the molecule is NC(=O)CCC(NC(=O)C(N)CC(=O)O)C(=O)NC(Cc1ccccc1)C(=O)NCC(=O)O. The van der Waals surface area contributed by atoms with E-state index in [-0.39, 0.29) is 19.3 Å². The zero-order valence-electron chi connectivity index (χ0n) is 17.7. The molecule has 13 heteroatoms. The van der Waals surface area contributed by atoms with Gasteiger partial charge in [-0.15, -0.1) is 0 Å². The Morgan fingerprint density at radius 1 is 0.848 bits per heavy atom. The van der Waals surface area contributed by atoms with Gasteiger partial charge in [-0.05, 0) is 12.0 Å². The van der Waals surface area contributed by atoms with Crippen molar-refractivity contribution in [2.24, 2.45) is 11.5 Å². The van der Waals surface area contributed by atoms with Gasteiger partial charge in [-0.3, -0.25) is 28.8 Å². The Morgan fingerprint density at radius 2 is 1.45 bits per heavy atom. The first kappa shape index (κ1) is 27.0. The van der Waals surface area contributed by atoms with Crippen LogP contribution in [0.2, 0.25) is 0 Å². The van der Waals surface area contributed by atoms with Crippen LogP contribution >= 0.6 is 0 Å². The number of hydrogen-bond donors (Lipinski definition) is 7. The van der Waals surface area contributed by atoms with E-state index in [0.717, 1.165) is 0 Å². The summed E-state index contributed by atoms with van der Waals surface area (Å²) < 4.78 is 0. The summed E-state index contributed by atoms with van der Waals surface area (Å²) in [6, 6.07) is 4.55. The third-order valence-corrected chi connectivity index (χ3v) is 4.37. The molecule has 13 nitrogen and oxygen atoms in total. The third-order valence-electron chi connectivity index (χ3n) is 4.37. The van der Waals surface area contributed by atoms with E-state index in [9.17, 15) is 28.8 Å². The number of primary amides is 1. The van der Waals surface area contributed by atoms with Crippen LogP contribution in [0.1, 0.15) is 24.8 Å². The van der Waals surface area contributed by atoms with Crippen LogP contribution in [-0.4, -0.2) is 70.5 Å². The molecule has 0 aliphatic carbocycles. The van der Waals surface area contributed by atoms with Crippen LogP contribution in [0.4, 0.5) is 0 Å². The molecule has 0 aliphatic heterocycles. The lowest BCUT2D eigenvalue weighted by Crippen LogP contribution is -2.56. The molecule has 0 fully saturated rings. The number of carbonyl (C=O) groups excluding carboxylic acids is 4. The molecule has 1 aromatic carbocycles. The van der Waals surface area contributed by atoms with Gasteiger partial charge in [0.2, 0.25) is 23.6 Å². The van der Waals surface area contributed by atoms with Gasteiger partial charge in [0.15, 0.2) is 0 Å². The maximum Gasteiger partial charge on any atom is 0.322 e. The monoisotopic (exact) mass is 465 g/mol. The Bertz CT molecular complexity index is 876. The van der Waals surface area contributed by atoms with Crippen LogP contribution in [0.3, 0.4) is 0 Å². The van der Waals surface area contributed by atoms with E-state index in [4.69, 9.17) is 21.7 Å². The standard InChI is InChI=1S/C20H27N5O8/c21-12(9-16(27)28)18(31)24-13(6-7-15(22)26)20(33)25-14(19(32)23-10-17(29)30)8-11-4-2-1-3-5-11/h1-5,12-14H,6-10,21H2,(H2,22,26)(H,23,32)(H,24,31)(H,25,33)(H,27,28)(H,29,30). The molecular weight excluding hydrogens is 438 g/mol. The highest BCUT2D eigenvalue weighted by Crippen LogP contribution is 2.06. The summed E-state index contributed by atoms with van der Waals surface area (Å²) in [5.74, 6) is -5.95. The van der Waals surface area contributed by atoms with Crippen molar-refractivity contribution >= 4 is 35.6 Å². The highest BCUT2D eigenvalue weighted by molar-refractivity contribution is 5.94. The van der Waals surface area contributed by atoms with Crippen molar-refractivity contribution in [2.75, 3.05) is 6.54 Å². The number of aliphatic carboxylic acids is 2. The van der Waals surface area contributed by atoms with Crippen LogP contribution in [0.15, 0.2) is 30.3 Å². The van der Waals surface area contributed by atoms with Crippen LogP contribution in [0, 0.1) is 0 Å². The number of hydrogen-bond acceptors (Lipinski definition) is 7. The highest BCUT2D eigenvalue weighted by atomic mass is 16.4. The first-order chi connectivity index (χ1) is 15.5. The second-order valence-electron chi connectivity index (χ2n) is 7.13. The van der Waals surface area contributed by atoms with E-state index in [0.29, 0.717) is 5.56 Å². The molecular formula is C20H27N5O8. The van der Waals surface area contributed by atoms with Gasteiger partial charge in [0.25, 0.3) is 0 Å². The molecule has 3 atom stereocenters. The Kier molecular flexibility index (Phi) is 11.0. The molecule has 0 aromatic heterocycles. The number of amides is 4. The summed E-state index contributed by atoms with van der Waals surface area (Å²) in [6.07, 6.45) is -1.21. The molecule has 0 saturated carbocycles. The molecule has 0 bridgehead atoms. The van der Waals surface area contributed by atoms with Crippen LogP contribution in [-0.2, 0) is 35.2 Å². The first-order valence-corrected chi connectivity index (χ1v) is 9.89. The van der Waals surface area contributed by atoms with Crippen molar-refractivity contribution in [3.63, 3.8) is 0 Å². The lowest BCUT2D eigenvalue weighted by atomic mass is 10.0. The number of carboxylic acids is 2. The number of carbonyl (C=O) groups is 6. The van der Waals surface area contributed by atoms with E-state index in [2.05, 4.69) is 16.0 Å². The van der Waals surface area contributed by atoms with Gasteiger partial charge in [-0.2, -0.15) is 0 Å². The molecule has 180 valence electrons. The number of rotatable bonds is 14. The Balaban J connectivity index is 3.01. The summed E-state index contributed by atoms with van der Waals surface area (Å²) in [5, 5.41) is 24.4. The normalized spacial score (nSPS) is 13.1. The molecule has 33 heavy (non-hydrogen) atoms. The second kappa shape index (κ2) is 13.4. The average Bonchev–Trinajstić information content (AvgIpc) is 2.74. The summed E-state index contributed by atoms with van der Waals surface area (Å²) in [4.78, 5) is 70.2. The third kappa shape index (κ3) is 10.7.